The van der Waals surface area contributed by atoms with Gasteiger partial charge in [0, 0.05) is 0 Å². The van der Waals surface area contributed by atoms with E-state index in [4.69, 9.17) is 23.3 Å². The van der Waals surface area contributed by atoms with Crippen molar-refractivity contribution in [3.8, 4) is 0 Å². The molecular formula is C15H33O6Sb. The molecule has 6 nitrogen and oxygen atoms in total. The normalized spacial score (nSPS) is 13.9. The van der Waals surface area contributed by atoms with Crippen LogP contribution in [0.2, 0.25) is 0 Å². The van der Waals surface area contributed by atoms with Crippen LogP contribution in [0.3, 0.4) is 0 Å². The fourth-order valence-electron chi connectivity index (χ4n) is 1.78. The van der Waals surface area contributed by atoms with E-state index < -0.39 is 38.3 Å². The van der Waals surface area contributed by atoms with Crippen LogP contribution in [0.5, 0.6) is 0 Å². The van der Waals surface area contributed by atoms with Gasteiger partial charge in [-0.3, -0.25) is 0 Å². The van der Waals surface area contributed by atoms with Gasteiger partial charge in [0.25, 0.3) is 0 Å². The first-order valence-corrected chi connectivity index (χ1v) is 10.4. The number of hydrogen-bond acceptors (Lipinski definition) is 6. The van der Waals surface area contributed by atoms with E-state index in [9.17, 15) is 0 Å². The van der Waals surface area contributed by atoms with Crippen molar-refractivity contribution >= 4 is 21.5 Å². The molecule has 0 heterocycles. The van der Waals surface area contributed by atoms with Crippen LogP contribution in [0.15, 0.2) is 0 Å². The van der Waals surface area contributed by atoms with Crippen molar-refractivity contribution in [2.24, 2.45) is 0 Å². The van der Waals surface area contributed by atoms with E-state index in [1.54, 1.807) is 21.3 Å². The fourth-order valence-corrected chi connectivity index (χ4v) is 6.01. The molecule has 0 N–H and O–H groups in total. The molecule has 0 aliphatic carbocycles. The van der Waals surface area contributed by atoms with Gasteiger partial charge < -0.3 is 0 Å². The third kappa shape index (κ3) is 10.4. The van der Waals surface area contributed by atoms with E-state index in [0.717, 1.165) is 0 Å². The van der Waals surface area contributed by atoms with Gasteiger partial charge in [0.15, 0.2) is 0 Å². The Morgan fingerprint density at radius 3 is 0.955 bits per heavy atom. The minimum atomic E-state index is -2.95. The number of methoxy groups -OCH3 is 3. The van der Waals surface area contributed by atoms with E-state index >= 15 is 0 Å². The van der Waals surface area contributed by atoms with E-state index in [1.807, 2.05) is 41.5 Å². The zero-order valence-corrected chi connectivity index (χ0v) is 18.1. The molecule has 7 heteroatoms. The molecule has 0 aromatic rings. The zero-order valence-electron chi connectivity index (χ0n) is 15.5. The van der Waals surface area contributed by atoms with E-state index in [-0.39, 0.29) is 0 Å². The monoisotopic (exact) mass is 430 g/mol. The van der Waals surface area contributed by atoms with E-state index in [1.165, 1.54) is 0 Å². The Labute approximate surface area is 144 Å². The number of hydrogen-bond donors (Lipinski definition) is 0. The van der Waals surface area contributed by atoms with Gasteiger partial charge in [-0.25, -0.2) is 0 Å². The van der Waals surface area contributed by atoms with Gasteiger partial charge in [0.05, 0.1) is 0 Å². The second-order valence-electron chi connectivity index (χ2n) is 7.08. The Bertz CT molecular complexity index is 259. The third-order valence-corrected chi connectivity index (χ3v) is 7.95. The van der Waals surface area contributed by atoms with Crippen molar-refractivity contribution in [1.82, 2.24) is 0 Å². The molecule has 0 aliphatic heterocycles. The summed E-state index contributed by atoms with van der Waals surface area (Å²) in [7, 11) is 4.95. The van der Waals surface area contributed by atoms with E-state index in [0.29, 0.717) is 19.8 Å². The van der Waals surface area contributed by atoms with Gasteiger partial charge in [-0.1, -0.05) is 0 Å². The molecule has 0 atom stereocenters. The molecule has 0 fully saturated rings. The maximum absolute atomic E-state index is 6.15. The van der Waals surface area contributed by atoms with Crippen LogP contribution in [0.1, 0.15) is 41.5 Å². The summed E-state index contributed by atoms with van der Waals surface area (Å²) in [5, 5.41) is 0. The Hall–Kier alpha value is 0.578. The van der Waals surface area contributed by atoms with Crippen molar-refractivity contribution < 1.29 is 23.3 Å². The molecular weight excluding hydrogens is 398 g/mol. The van der Waals surface area contributed by atoms with Crippen LogP contribution >= 0.6 is 0 Å². The maximum atomic E-state index is 6.15. The number of ether oxygens (including phenoxy) is 3. The molecule has 0 aromatic heterocycles. The van der Waals surface area contributed by atoms with Gasteiger partial charge in [0.1, 0.15) is 0 Å². The Morgan fingerprint density at radius 1 is 0.545 bits per heavy atom. The van der Waals surface area contributed by atoms with Crippen molar-refractivity contribution in [3.63, 3.8) is 0 Å². The molecule has 22 heavy (non-hydrogen) atoms. The van der Waals surface area contributed by atoms with Crippen molar-refractivity contribution in [1.29, 1.82) is 0 Å². The first-order chi connectivity index (χ1) is 9.97. The molecule has 0 rings (SSSR count). The Balaban J connectivity index is 4.98. The first-order valence-electron chi connectivity index (χ1n) is 7.31. The van der Waals surface area contributed by atoms with Gasteiger partial charge in [-0.2, -0.15) is 0 Å². The number of rotatable bonds is 12. The van der Waals surface area contributed by atoms with Crippen LogP contribution in [0.25, 0.3) is 0 Å². The van der Waals surface area contributed by atoms with Gasteiger partial charge in [0.2, 0.25) is 0 Å². The minimum absolute atomic E-state index is 0.468. The molecule has 0 spiro atoms. The average molecular weight is 431 g/mol. The Morgan fingerprint density at radius 2 is 0.773 bits per heavy atom. The average Bonchev–Trinajstić information content (AvgIpc) is 2.25. The van der Waals surface area contributed by atoms with Gasteiger partial charge in [-0.05, 0) is 0 Å². The molecule has 134 valence electrons. The second-order valence-corrected chi connectivity index (χ2v) is 9.92. The zero-order chi connectivity index (χ0) is 17.4. The predicted molar refractivity (Wildman–Crippen MR) is 86.9 cm³/mol. The van der Waals surface area contributed by atoms with Crippen LogP contribution in [-0.4, -0.2) is 79.4 Å². The molecule has 0 bridgehead atoms. The third-order valence-electron chi connectivity index (χ3n) is 2.44. The molecule has 0 aliphatic rings. The molecule has 0 unspecified atom stereocenters. The van der Waals surface area contributed by atoms with Crippen molar-refractivity contribution in [2.75, 3.05) is 41.2 Å². The molecule has 0 aromatic carbocycles. The SMILES string of the molecule is COCC(C)(C)[O][Sb]([O]C(C)(C)COC)[O]C(C)(C)COC. The van der Waals surface area contributed by atoms with Crippen molar-refractivity contribution in [3.05, 3.63) is 0 Å². The topological polar surface area (TPSA) is 55.4 Å². The second kappa shape index (κ2) is 9.77. The summed E-state index contributed by atoms with van der Waals surface area (Å²) in [4.78, 5) is 0. The summed E-state index contributed by atoms with van der Waals surface area (Å²) in [6.07, 6.45) is 0. The summed E-state index contributed by atoms with van der Waals surface area (Å²) in [5.41, 5.74) is -1.41. The van der Waals surface area contributed by atoms with Crippen molar-refractivity contribution in [2.45, 2.75) is 58.3 Å². The molecule has 0 saturated carbocycles. The first kappa shape index (κ1) is 22.6. The van der Waals surface area contributed by atoms with Crippen LogP contribution in [0, 0.1) is 0 Å². The molecule has 0 saturated heterocycles. The fraction of sp³-hybridized carbons (Fsp3) is 1.00. The van der Waals surface area contributed by atoms with Crippen LogP contribution < -0.4 is 0 Å². The van der Waals surface area contributed by atoms with Gasteiger partial charge >= 0.3 is 144 Å². The van der Waals surface area contributed by atoms with E-state index in [2.05, 4.69) is 0 Å². The standard InChI is InChI=1S/3C5H11O2.Sb/c3*1-5(2,6)4-7-3;/h3*4H2,1-3H3;/q3*-1;+3. The van der Waals surface area contributed by atoms with Gasteiger partial charge in [-0.15, -0.1) is 0 Å². The summed E-state index contributed by atoms with van der Waals surface area (Å²) < 4.78 is 34.1. The quantitative estimate of drug-likeness (QED) is 0.443. The summed E-state index contributed by atoms with van der Waals surface area (Å²) in [6, 6.07) is 0. The Kier molecular flexibility index (Phi) is 10.0. The van der Waals surface area contributed by atoms with Crippen LogP contribution in [-0.2, 0) is 23.3 Å². The summed E-state index contributed by atoms with van der Waals surface area (Å²) >= 11 is -2.95. The molecule has 0 radical (unpaired) electrons. The predicted octanol–water partition coefficient (Wildman–Crippen LogP) is 2.30. The summed E-state index contributed by atoms with van der Waals surface area (Å²) in [6.45, 7) is 13.2. The summed E-state index contributed by atoms with van der Waals surface area (Å²) in [5.74, 6) is 0. The van der Waals surface area contributed by atoms with Crippen LogP contribution in [0.4, 0.5) is 0 Å². The molecule has 0 amide bonds.